The summed E-state index contributed by atoms with van der Waals surface area (Å²) in [5.41, 5.74) is 1.52. The Bertz CT molecular complexity index is 1960. The second kappa shape index (κ2) is 15.1. The number of aliphatic hydroxyl groups excluding tert-OH is 1. The number of nitrogens with zero attached hydrogens (tertiary/aromatic N) is 2. The highest BCUT2D eigenvalue weighted by molar-refractivity contribution is 7.88. The number of rotatable bonds is 13. The van der Waals surface area contributed by atoms with E-state index in [1.807, 2.05) is 6.92 Å². The molecule has 12 nitrogen and oxygen atoms in total. The number of benzene rings is 4. The zero-order valence-corrected chi connectivity index (χ0v) is 27.3. The van der Waals surface area contributed by atoms with Crippen molar-refractivity contribution in [3.05, 3.63) is 130 Å². The van der Waals surface area contributed by atoms with Crippen LogP contribution in [0, 0.1) is 0 Å². The molecule has 48 heavy (non-hydrogen) atoms. The standard InChI is InChI=1S/C35H35N3O9S/c1-22(20-39)26-12-14-27(15-13-26)36-33(41)32-18-25(11-16-31(32)35(43)44)21-48(46,47)37(3)19-24-7-6-8-28(17-24)38(45)34(42)30-10-5-4-9-29(30)23(2)40/h4-18,22,39,45H,19-21H2,1-3H3,(H,36,41)(H,43,44). The molecule has 13 heteroatoms. The Balaban J connectivity index is 1.50. The van der Waals surface area contributed by atoms with Gasteiger partial charge in [0.1, 0.15) is 0 Å². The normalized spacial score (nSPS) is 12.0. The molecule has 0 saturated heterocycles. The van der Waals surface area contributed by atoms with E-state index >= 15 is 0 Å². The minimum atomic E-state index is -4.02. The van der Waals surface area contributed by atoms with Gasteiger partial charge in [-0.2, -0.15) is 5.06 Å². The summed E-state index contributed by atoms with van der Waals surface area (Å²) in [5.74, 6) is -3.95. The van der Waals surface area contributed by atoms with Crippen LogP contribution in [0.5, 0.6) is 0 Å². The zero-order chi connectivity index (χ0) is 35.2. The van der Waals surface area contributed by atoms with E-state index in [-0.39, 0.29) is 58.4 Å². The average Bonchev–Trinajstić information content (AvgIpc) is 3.07. The van der Waals surface area contributed by atoms with Gasteiger partial charge in [0.2, 0.25) is 10.0 Å². The molecule has 2 amide bonds. The number of carbonyl (C=O) groups excluding carboxylic acids is 3. The molecule has 1 atom stereocenters. The molecule has 0 aliphatic carbocycles. The van der Waals surface area contributed by atoms with E-state index in [1.54, 1.807) is 42.5 Å². The van der Waals surface area contributed by atoms with Crippen LogP contribution in [0.4, 0.5) is 11.4 Å². The molecular formula is C35H35N3O9S. The minimum Gasteiger partial charge on any atom is -0.478 e. The number of Topliss-reactive ketones (excluding diaryl/α,β-unsaturated/α-hetero) is 1. The van der Waals surface area contributed by atoms with Crippen LogP contribution in [0.15, 0.2) is 91.0 Å². The van der Waals surface area contributed by atoms with Gasteiger partial charge in [0.25, 0.3) is 11.8 Å². The summed E-state index contributed by atoms with van der Waals surface area (Å²) < 4.78 is 27.8. The van der Waals surface area contributed by atoms with Crippen molar-refractivity contribution in [2.75, 3.05) is 24.0 Å². The van der Waals surface area contributed by atoms with Gasteiger partial charge in [0.15, 0.2) is 5.78 Å². The zero-order valence-electron chi connectivity index (χ0n) is 26.5. The van der Waals surface area contributed by atoms with E-state index < -0.39 is 33.6 Å². The lowest BCUT2D eigenvalue weighted by molar-refractivity contribution is 0.0692. The number of hydrogen-bond acceptors (Lipinski definition) is 8. The highest BCUT2D eigenvalue weighted by atomic mass is 32.2. The van der Waals surface area contributed by atoms with Gasteiger partial charge >= 0.3 is 5.97 Å². The Morgan fingerprint density at radius 1 is 0.812 bits per heavy atom. The van der Waals surface area contributed by atoms with Crippen molar-refractivity contribution in [1.29, 1.82) is 0 Å². The second-order valence-corrected chi connectivity index (χ2v) is 13.3. The highest BCUT2D eigenvalue weighted by Crippen LogP contribution is 2.23. The van der Waals surface area contributed by atoms with Crippen LogP contribution in [-0.2, 0) is 22.3 Å². The maximum Gasteiger partial charge on any atom is 0.336 e. The number of ketones is 1. The quantitative estimate of drug-likeness (QED) is 0.0869. The summed E-state index contributed by atoms with van der Waals surface area (Å²) in [4.78, 5) is 50.0. The van der Waals surface area contributed by atoms with Gasteiger partial charge in [0, 0.05) is 37.4 Å². The van der Waals surface area contributed by atoms with Crippen molar-refractivity contribution in [2.24, 2.45) is 0 Å². The SMILES string of the molecule is CC(=O)c1ccccc1C(=O)N(O)c1cccc(CN(C)S(=O)(=O)Cc2ccc(C(=O)O)c(C(=O)Nc3ccc(C(C)CO)cc3)c2)c1. The van der Waals surface area contributed by atoms with Crippen LogP contribution < -0.4 is 10.4 Å². The summed E-state index contributed by atoms with van der Waals surface area (Å²) in [6, 6.07) is 22.5. The lowest BCUT2D eigenvalue weighted by Crippen LogP contribution is -2.29. The summed E-state index contributed by atoms with van der Waals surface area (Å²) in [6.07, 6.45) is 0. The molecule has 0 radical (unpaired) electrons. The fraction of sp³-hybridized carbons (Fsp3) is 0.200. The monoisotopic (exact) mass is 673 g/mol. The van der Waals surface area contributed by atoms with Gasteiger partial charge in [-0.15, -0.1) is 0 Å². The highest BCUT2D eigenvalue weighted by Gasteiger charge is 2.24. The molecule has 0 aromatic heterocycles. The summed E-state index contributed by atoms with van der Waals surface area (Å²) in [5, 5.41) is 32.8. The molecule has 0 spiro atoms. The molecule has 4 N–H and O–H groups in total. The topological polar surface area (TPSA) is 182 Å². The number of carboxylic acid groups (broad SMARTS) is 1. The van der Waals surface area contributed by atoms with Crippen LogP contribution >= 0.6 is 0 Å². The molecule has 0 aliphatic rings. The Morgan fingerprint density at radius 3 is 2.10 bits per heavy atom. The minimum absolute atomic E-state index is 0.00477. The number of sulfonamides is 1. The van der Waals surface area contributed by atoms with Crippen molar-refractivity contribution in [1.82, 2.24) is 4.31 Å². The van der Waals surface area contributed by atoms with Crippen LogP contribution in [-0.4, -0.2) is 65.4 Å². The van der Waals surface area contributed by atoms with Gasteiger partial charge in [-0.25, -0.2) is 17.5 Å². The van der Waals surface area contributed by atoms with Crippen molar-refractivity contribution in [2.45, 2.75) is 32.1 Å². The molecule has 0 heterocycles. The van der Waals surface area contributed by atoms with Gasteiger partial charge in [0.05, 0.1) is 28.1 Å². The molecule has 0 bridgehead atoms. The van der Waals surface area contributed by atoms with Crippen molar-refractivity contribution >= 4 is 45.0 Å². The van der Waals surface area contributed by atoms with E-state index in [0.29, 0.717) is 16.3 Å². The van der Waals surface area contributed by atoms with E-state index in [0.717, 1.165) is 9.87 Å². The van der Waals surface area contributed by atoms with Gasteiger partial charge in [-0.05, 0) is 66.1 Å². The number of carbonyl (C=O) groups is 4. The number of hydrogen-bond donors (Lipinski definition) is 4. The largest absolute Gasteiger partial charge is 0.478 e. The van der Waals surface area contributed by atoms with E-state index in [4.69, 9.17) is 0 Å². The number of hydroxylamine groups is 1. The predicted octanol–water partition coefficient (Wildman–Crippen LogP) is 4.93. The van der Waals surface area contributed by atoms with Crippen LogP contribution in [0.25, 0.3) is 0 Å². The van der Waals surface area contributed by atoms with Crippen LogP contribution in [0.2, 0.25) is 0 Å². The lowest BCUT2D eigenvalue weighted by Gasteiger charge is -2.20. The Morgan fingerprint density at radius 2 is 1.48 bits per heavy atom. The average molecular weight is 674 g/mol. The number of nitrogens with one attached hydrogen (secondary N) is 1. The maximum absolute atomic E-state index is 13.4. The van der Waals surface area contributed by atoms with E-state index in [9.17, 15) is 43.0 Å². The lowest BCUT2D eigenvalue weighted by atomic mass is 10.0. The first kappa shape index (κ1) is 35.6. The van der Waals surface area contributed by atoms with Crippen LogP contribution in [0.1, 0.15) is 77.9 Å². The number of amides is 2. The number of aromatic carboxylic acids is 1. The number of aliphatic hydroxyl groups is 1. The Kier molecular flexibility index (Phi) is 11.2. The molecule has 0 fully saturated rings. The molecule has 4 aromatic carbocycles. The fourth-order valence-corrected chi connectivity index (χ4v) is 6.09. The first-order chi connectivity index (χ1) is 22.7. The summed E-state index contributed by atoms with van der Waals surface area (Å²) >= 11 is 0. The van der Waals surface area contributed by atoms with E-state index in [2.05, 4.69) is 5.32 Å². The Labute approximate surface area is 277 Å². The second-order valence-electron chi connectivity index (χ2n) is 11.2. The van der Waals surface area contributed by atoms with E-state index in [1.165, 1.54) is 62.5 Å². The van der Waals surface area contributed by atoms with Crippen LogP contribution in [0.3, 0.4) is 0 Å². The van der Waals surface area contributed by atoms with Crippen molar-refractivity contribution < 1.29 is 43.0 Å². The third-order valence-corrected chi connectivity index (χ3v) is 9.46. The van der Waals surface area contributed by atoms with Gasteiger partial charge in [-0.3, -0.25) is 19.6 Å². The molecule has 0 saturated carbocycles. The first-order valence-corrected chi connectivity index (χ1v) is 16.4. The maximum atomic E-state index is 13.4. The Hall–Kier alpha value is -5.21. The van der Waals surface area contributed by atoms with Crippen molar-refractivity contribution in [3.8, 4) is 0 Å². The number of anilines is 2. The molecule has 4 aromatic rings. The predicted molar refractivity (Wildman–Crippen MR) is 179 cm³/mol. The molecular weight excluding hydrogens is 638 g/mol. The third kappa shape index (κ3) is 8.38. The third-order valence-electron chi connectivity index (χ3n) is 7.68. The summed E-state index contributed by atoms with van der Waals surface area (Å²) in [7, 11) is -2.67. The smallest absolute Gasteiger partial charge is 0.336 e. The fourth-order valence-electron chi connectivity index (χ4n) is 4.93. The van der Waals surface area contributed by atoms with Crippen molar-refractivity contribution in [3.63, 3.8) is 0 Å². The number of carboxylic acids is 1. The molecule has 250 valence electrons. The van der Waals surface area contributed by atoms with Gasteiger partial charge in [-0.1, -0.05) is 55.5 Å². The molecule has 1 unspecified atom stereocenters. The summed E-state index contributed by atoms with van der Waals surface area (Å²) in [6.45, 7) is 2.95. The molecule has 0 aliphatic heterocycles. The first-order valence-electron chi connectivity index (χ1n) is 14.8. The molecule has 4 rings (SSSR count). The van der Waals surface area contributed by atoms with Gasteiger partial charge < -0.3 is 15.5 Å².